The van der Waals surface area contributed by atoms with E-state index in [0.717, 1.165) is 37.0 Å². The molecule has 19 heavy (non-hydrogen) atoms. The number of rotatable bonds is 7. The van der Waals surface area contributed by atoms with Crippen molar-refractivity contribution in [3.8, 4) is 0 Å². The lowest BCUT2D eigenvalue weighted by Gasteiger charge is -2.24. The maximum atomic E-state index is 5.44. The Balaban J connectivity index is 2.15. The van der Waals surface area contributed by atoms with Gasteiger partial charge in [0.15, 0.2) is 4.77 Å². The summed E-state index contributed by atoms with van der Waals surface area (Å²) in [7, 11) is 0. The second kappa shape index (κ2) is 7.05. The number of hydrogen-bond donors (Lipinski definition) is 1. The van der Waals surface area contributed by atoms with Crippen LogP contribution in [-0.4, -0.2) is 41.1 Å². The van der Waals surface area contributed by atoms with Gasteiger partial charge in [-0.3, -0.25) is 4.57 Å². The normalized spacial score (nSPS) is 16.1. The van der Waals surface area contributed by atoms with Gasteiger partial charge in [0, 0.05) is 25.7 Å². The number of anilines is 1. The number of nitrogens with one attached hydrogen (secondary N) is 1. The van der Waals surface area contributed by atoms with Crippen LogP contribution in [-0.2, 0) is 4.74 Å². The topological polar surface area (TPSA) is 46.1 Å². The summed E-state index contributed by atoms with van der Waals surface area (Å²) in [5.41, 5.74) is 0. The van der Waals surface area contributed by atoms with E-state index in [4.69, 9.17) is 17.0 Å². The SMILES string of the molecule is CCOCCN(CC)c1n[nH]c(=S)n1C1CCCC1. The van der Waals surface area contributed by atoms with Crippen LogP contribution in [0.2, 0.25) is 0 Å². The Hall–Kier alpha value is -0.880. The third-order valence-corrected chi connectivity index (χ3v) is 4.04. The smallest absolute Gasteiger partial charge is 0.226 e. The molecule has 1 fully saturated rings. The Morgan fingerprint density at radius 3 is 2.79 bits per heavy atom. The van der Waals surface area contributed by atoms with Crippen molar-refractivity contribution in [1.82, 2.24) is 14.8 Å². The average Bonchev–Trinajstić information content (AvgIpc) is 3.04. The Morgan fingerprint density at radius 2 is 2.16 bits per heavy atom. The molecule has 5 nitrogen and oxygen atoms in total. The summed E-state index contributed by atoms with van der Waals surface area (Å²) in [6, 6.07) is 0.516. The highest BCUT2D eigenvalue weighted by Crippen LogP contribution is 2.32. The van der Waals surface area contributed by atoms with Crippen molar-refractivity contribution in [2.45, 2.75) is 45.6 Å². The molecule has 0 bridgehead atoms. The maximum Gasteiger partial charge on any atom is 0.226 e. The van der Waals surface area contributed by atoms with Gasteiger partial charge in [0.1, 0.15) is 0 Å². The predicted molar refractivity (Wildman–Crippen MR) is 79.3 cm³/mol. The minimum atomic E-state index is 0.516. The first kappa shape index (κ1) is 14.5. The highest BCUT2D eigenvalue weighted by Gasteiger charge is 2.23. The number of ether oxygens (including phenoxy) is 1. The molecule has 0 spiro atoms. The molecule has 108 valence electrons. The van der Waals surface area contributed by atoms with E-state index in [0.29, 0.717) is 6.04 Å². The first-order valence-corrected chi connectivity index (χ1v) is 7.68. The van der Waals surface area contributed by atoms with Crippen molar-refractivity contribution in [3.63, 3.8) is 0 Å². The molecule has 0 atom stereocenters. The van der Waals surface area contributed by atoms with Crippen LogP contribution in [0.4, 0.5) is 5.95 Å². The molecule has 2 rings (SSSR count). The molecular formula is C13H24N4OS. The molecule has 0 saturated heterocycles. The zero-order chi connectivity index (χ0) is 13.7. The van der Waals surface area contributed by atoms with Crippen LogP contribution in [0.15, 0.2) is 0 Å². The van der Waals surface area contributed by atoms with E-state index in [-0.39, 0.29) is 0 Å². The van der Waals surface area contributed by atoms with Gasteiger partial charge < -0.3 is 9.64 Å². The molecule has 1 aliphatic carbocycles. The zero-order valence-electron chi connectivity index (χ0n) is 11.9. The van der Waals surface area contributed by atoms with Gasteiger partial charge in [0.2, 0.25) is 5.95 Å². The molecule has 1 aliphatic rings. The largest absolute Gasteiger partial charge is 0.380 e. The van der Waals surface area contributed by atoms with Crippen LogP contribution in [0.5, 0.6) is 0 Å². The second-order valence-electron chi connectivity index (χ2n) is 4.91. The molecule has 0 aliphatic heterocycles. The highest BCUT2D eigenvalue weighted by atomic mass is 32.1. The Bertz CT molecular complexity index is 436. The lowest BCUT2D eigenvalue weighted by molar-refractivity contribution is 0.153. The van der Waals surface area contributed by atoms with Gasteiger partial charge in [-0.05, 0) is 38.9 Å². The van der Waals surface area contributed by atoms with E-state index in [2.05, 4.69) is 26.6 Å². The Kier molecular flexibility index (Phi) is 5.39. The monoisotopic (exact) mass is 284 g/mol. The van der Waals surface area contributed by atoms with E-state index in [1.807, 2.05) is 6.92 Å². The van der Waals surface area contributed by atoms with Gasteiger partial charge in [-0.1, -0.05) is 12.8 Å². The lowest BCUT2D eigenvalue weighted by Crippen LogP contribution is -2.30. The fourth-order valence-electron chi connectivity index (χ4n) is 2.73. The molecule has 0 aromatic carbocycles. The molecule has 0 amide bonds. The molecule has 1 saturated carbocycles. The van der Waals surface area contributed by atoms with Crippen LogP contribution >= 0.6 is 12.2 Å². The van der Waals surface area contributed by atoms with Crippen molar-refractivity contribution in [3.05, 3.63) is 4.77 Å². The van der Waals surface area contributed by atoms with Crippen LogP contribution in [0.3, 0.4) is 0 Å². The summed E-state index contributed by atoms with van der Waals surface area (Å²) in [6.07, 6.45) is 5.01. The van der Waals surface area contributed by atoms with Gasteiger partial charge in [0.25, 0.3) is 0 Å². The van der Waals surface area contributed by atoms with Crippen molar-refractivity contribution < 1.29 is 4.74 Å². The van der Waals surface area contributed by atoms with Crippen LogP contribution in [0, 0.1) is 4.77 Å². The molecule has 6 heteroatoms. The van der Waals surface area contributed by atoms with Gasteiger partial charge in [-0.25, -0.2) is 5.10 Å². The van der Waals surface area contributed by atoms with Crippen molar-refractivity contribution in [2.24, 2.45) is 0 Å². The minimum Gasteiger partial charge on any atom is -0.380 e. The van der Waals surface area contributed by atoms with Gasteiger partial charge in [-0.15, -0.1) is 5.10 Å². The fourth-order valence-corrected chi connectivity index (χ4v) is 3.01. The predicted octanol–water partition coefficient (Wildman–Crippen LogP) is 2.92. The van der Waals surface area contributed by atoms with Crippen molar-refractivity contribution in [2.75, 3.05) is 31.2 Å². The summed E-state index contributed by atoms with van der Waals surface area (Å²) in [6.45, 7) is 7.42. The average molecular weight is 284 g/mol. The molecule has 0 unspecified atom stereocenters. The molecule has 1 heterocycles. The Labute approximate surface area is 119 Å². The zero-order valence-corrected chi connectivity index (χ0v) is 12.7. The fraction of sp³-hybridized carbons (Fsp3) is 0.846. The van der Waals surface area contributed by atoms with E-state index >= 15 is 0 Å². The number of nitrogens with zero attached hydrogens (tertiary/aromatic N) is 3. The van der Waals surface area contributed by atoms with Crippen molar-refractivity contribution >= 4 is 18.2 Å². The van der Waals surface area contributed by atoms with E-state index in [1.54, 1.807) is 0 Å². The minimum absolute atomic E-state index is 0.516. The van der Waals surface area contributed by atoms with Crippen LogP contribution in [0.25, 0.3) is 0 Å². The Morgan fingerprint density at radius 1 is 1.42 bits per heavy atom. The second-order valence-corrected chi connectivity index (χ2v) is 5.30. The lowest BCUT2D eigenvalue weighted by atomic mass is 10.2. The summed E-state index contributed by atoms with van der Waals surface area (Å²) in [5, 5.41) is 7.38. The molecule has 1 N–H and O–H groups in total. The number of H-pyrrole nitrogens is 1. The summed E-state index contributed by atoms with van der Waals surface area (Å²) < 4.78 is 8.40. The summed E-state index contributed by atoms with van der Waals surface area (Å²) in [5.74, 6) is 0.971. The number of hydrogen-bond acceptors (Lipinski definition) is 4. The van der Waals surface area contributed by atoms with Crippen LogP contribution < -0.4 is 4.90 Å². The molecule has 1 aromatic rings. The summed E-state index contributed by atoms with van der Waals surface area (Å²) >= 11 is 5.40. The standard InChI is InChI=1S/C13H24N4OS/c1-3-16(9-10-18-4-2)12-14-15-13(19)17(12)11-7-5-6-8-11/h11H,3-10H2,1-2H3,(H,15,19). The summed E-state index contributed by atoms with van der Waals surface area (Å²) in [4.78, 5) is 2.24. The number of aromatic amines is 1. The van der Waals surface area contributed by atoms with E-state index < -0.39 is 0 Å². The van der Waals surface area contributed by atoms with E-state index in [1.165, 1.54) is 25.7 Å². The van der Waals surface area contributed by atoms with Crippen molar-refractivity contribution in [1.29, 1.82) is 0 Å². The molecule has 1 aromatic heterocycles. The third kappa shape index (κ3) is 3.36. The molecule has 0 radical (unpaired) electrons. The van der Waals surface area contributed by atoms with Gasteiger partial charge in [0.05, 0.1) is 6.61 Å². The van der Waals surface area contributed by atoms with E-state index in [9.17, 15) is 0 Å². The molecular weight excluding hydrogens is 260 g/mol. The maximum absolute atomic E-state index is 5.44. The van der Waals surface area contributed by atoms with Crippen LogP contribution in [0.1, 0.15) is 45.6 Å². The number of likely N-dealkylation sites (N-methyl/N-ethyl adjacent to an activating group) is 1. The van der Waals surface area contributed by atoms with Gasteiger partial charge in [-0.2, -0.15) is 0 Å². The highest BCUT2D eigenvalue weighted by molar-refractivity contribution is 7.71. The first-order valence-electron chi connectivity index (χ1n) is 7.27. The first-order chi connectivity index (χ1) is 9.27. The third-order valence-electron chi connectivity index (χ3n) is 3.75. The van der Waals surface area contributed by atoms with Gasteiger partial charge >= 0.3 is 0 Å². The quantitative estimate of drug-likeness (QED) is 0.618. The number of aromatic nitrogens is 3.